The first kappa shape index (κ1) is 8.72. The third-order valence-electron chi connectivity index (χ3n) is 1.69. The first-order valence-corrected chi connectivity index (χ1v) is 4.73. The summed E-state index contributed by atoms with van der Waals surface area (Å²) in [6.07, 6.45) is 0.888. The molecule has 0 atom stereocenters. The summed E-state index contributed by atoms with van der Waals surface area (Å²) in [7, 11) is 0. The van der Waals surface area contributed by atoms with Crippen molar-refractivity contribution in [2.24, 2.45) is 0 Å². The van der Waals surface area contributed by atoms with Crippen molar-refractivity contribution in [3.05, 3.63) is 35.1 Å². The van der Waals surface area contributed by atoms with Gasteiger partial charge in [-0.1, -0.05) is 28.9 Å². The molecule has 1 aromatic rings. The zero-order valence-electron chi connectivity index (χ0n) is 6.40. The molecule has 0 radical (unpaired) electrons. The Kier molecular flexibility index (Phi) is 3.06. The molecule has 60 valence electrons. The molecule has 0 nitrogen and oxygen atoms in total. The largest absolute Gasteiger partial charge is 0.207 e. The van der Waals surface area contributed by atoms with Crippen molar-refractivity contribution in [2.45, 2.75) is 18.7 Å². The third kappa shape index (κ3) is 2.03. The lowest BCUT2D eigenvalue weighted by Crippen LogP contribution is -1.89. The van der Waals surface area contributed by atoms with Crippen LogP contribution in [-0.4, -0.2) is 0 Å². The fourth-order valence-corrected chi connectivity index (χ4v) is 1.60. The van der Waals surface area contributed by atoms with Crippen LogP contribution in [0.25, 0.3) is 0 Å². The minimum atomic E-state index is -0.147. The van der Waals surface area contributed by atoms with Crippen molar-refractivity contribution in [3.63, 3.8) is 0 Å². The summed E-state index contributed by atoms with van der Waals surface area (Å²) in [6.45, 7) is 2.03. The molecule has 0 amide bonds. The predicted octanol–water partition coefficient (Wildman–Crippen LogP) is 3.28. The van der Waals surface area contributed by atoms with Gasteiger partial charge >= 0.3 is 0 Å². The Morgan fingerprint density at radius 1 is 1.36 bits per heavy atom. The number of hydrogen-bond acceptors (Lipinski definition) is 0. The minimum absolute atomic E-state index is 0.147. The highest BCUT2D eigenvalue weighted by atomic mass is 79.9. The van der Waals surface area contributed by atoms with E-state index >= 15 is 0 Å². The topological polar surface area (TPSA) is 0 Å². The van der Waals surface area contributed by atoms with Gasteiger partial charge in [0.25, 0.3) is 0 Å². The second-order valence-corrected chi connectivity index (χ2v) is 2.96. The first-order valence-electron chi connectivity index (χ1n) is 3.61. The summed E-state index contributed by atoms with van der Waals surface area (Å²) in [5.74, 6) is -0.147. The molecule has 11 heavy (non-hydrogen) atoms. The number of hydrogen-bond donors (Lipinski definition) is 0. The summed E-state index contributed by atoms with van der Waals surface area (Å²) >= 11 is 3.35. The van der Waals surface area contributed by atoms with E-state index in [-0.39, 0.29) is 5.82 Å². The Morgan fingerprint density at radius 2 is 2.09 bits per heavy atom. The van der Waals surface area contributed by atoms with Gasteiger partial charge in [0.05, 0.1) is 0 Å². The molecule has 1 aromatic carbocycles. The van der Waals surface area contributed by atoms with E-state index in [2.05, 4.69) is 15.9 Å². The highest BCUT2D eigenvalue weighted by Gasteiger charge is 1.99. The summed E-state index contributed by atoms with van der Waals surface area (Å²) in [4.78, 5) is 0. The van der Waals surface area contributed by atoms with Crippen LogP contribution in [0.1, 0.15) is 18.1 Å². The third-order valence-corrected chi connectivity index (χ3v) is 2.30. The normalized spacial score (nSPS) is 10.1. The van der Waals surface area contributed by atoms with E-state index in [0.717, 1.165) is 17.3 Å². The van der Waals surface area contributed by atoms with Crippen LogP contribution in [0.3, 0.4) is 0 Å². The van der Waals surface area contributed by atoms with Crippen molar-refractivity contribution < 1.29 is 4.39 Å². The molecule has 2 heteroatoms. The lowest BCUT2D eigenvalue weighted by molar-refractivity contribution is 0.625. The highest BCUT2D eigenvalue weighted by Crippen LogP contribution is 2.14. The molecule has 0 N–H and O–H groups in total. The van der Waals surface area contributed by atoms with Crippen molar-refractivity contribution in [1.29, 1.82) is 0 Å². The first-order chi connectivity index (χ1) is 5.27. The average Bonchev–Trinajstić information content (AvgIpc) is 2.04. The van der Waals surface area contributed by atoms with Crippen molar-refractivity contribution in [1.82, 2.24) is 0 Å². The van der Waals surface area contributed by atoms with E-state index < -0.39 is 0 Å². The van der Waals surface area contributed by atoms with Gasteiger partial charge in [-0.25, -0.2) is 4.39 Å². The van der Waals surface area contributed by atoms with Crippen LogP contribution in [0.4, 0.5) is 4.39 Å². The molecule has 0 saturated heterocycles. The Labute approximate surface area is 74.6 Å². The van der Waals surface area contributed by atoms with E-state index in [0.29, 0.717) is 0 Å². The summed E-state index contributed by atoms with van der Waals surface area (Å²) in [5.41, 5.74) is 2.26. The van der Waals surface area contributed by atoms with Crippen LogP contribution < -0.4 is 0 Å². The van der Waals surface area contributed by atoms with Crippen molar-refractivity contribution in [3.8, 4) is 0 Å². The SMILES string of the molecule is CCc1cc(F)ccc1CBr. The molecule has 0 bridgehead atoms. The monoisotopic (exact) mass is 216 g/mol. The van der Waals surface area contributed by atoms with E-state index in [1.807, 2.05) is 13.0 Å². The lowest BCUT2D eigenvalue weighted by atomic mass is 10.1. The Hall–Kier alpha value is -0.370. The summed E-state index contributed by atoms with van der Waals surface area (Å²) < 4.78 is 12.7. The lowest BCUT2D eigenvalue weighted by Gasteiger charge is -2.03. The van der Waals surface area contributed by atoms with E-state index in [4.69, 9.17) is 0 Å². The molecule has 0 fully saturated rings. The maximum absolute atomic E-state index is 12.7. The van der Waals surface area contributed by atoms with E-state index in [1.165, 1.54) is 11.6 Å². The maximum atomic E-state index is 12.7. The molecule has 0 aliphatic carbocycles. The summed E-state index contributed by atoms with van der Waals surface area (Å²) in [6, 6.07) is 4.91. The smallest absolute Gasteiger partial charge is 0.123 e. The average molecular weight is 217 g/mol. The number of alkyl halides is 1. The van der Waals surface area contributed by atoms with Crippen molar-refractivity contribution in [2.75, 3.05) is 0 Å². The van der Waals surface area contributed by atoms with Gasteiger partial charge in [0.2, 0.25) is 0 Å². The van der Waals surface area contributed by atoms with Crippen LogP contribution in [0.5, 0.6) is 0 Å². The molecular weight excluding hydrogens is 207 g/mol. The van der Waals surface area contributed by atoms with Gasteiger partial charge in [0, 0.05) is 5.33 Å². The van der Waals surface area contributed by atoms with E-state index in [9.17, 15) is 4.39 Å². The van der Waals surface area contributed by atoms with Crippen LogP contribution in [0.15, 0.2) is 18.2 Å². The van der Waals surface area contributed by atoms with Crippen molar-refractivity contribution >= 4 is 15.9 Å². The zero-order valence-corrected chi connectivity index (χ0v) is 7.99. The molecule has 0 spiro atoms. The van der Waals surface area contributed by atoms with Crippen LogP contribution >= 0.6 is 15.9 Å². The van der Waals surface area contributed by atoms with Gasteiger partial charge in [-0.05, 0) is 29.7 Å². The second kappa shape index (κ2) is 3.86. The molecule has 0 heterocycles. The molecule has 0 aliphatic rings. The number of aryl methyl sites for hydroxylation is 1. The van der Waals surface area contributed by atoms with E-state index in [1.54, 1.807) is 6.07 Å². The predicted molar refractivity (Wildman–Crippen MR) is 48.4 cm³/mol. The second-order valence-electron chi connectivity index (χ2n) is 2.40. The molecule has 1 rings (SSSR count). The fourth-order valence-electron chi connectivity index (χ4n) is 1.05. The fraction of sp³-hybridized carbons (Fsp3) is 0.333. The van der Waals surface area contributed by atoms with Gasteiger partial charge < -0.3 is 0 Å². The maximum Gasteiger partial charge on any atom is 0.123 e. The molecule has 0 aromatic heterocycles. The summed E-state index contributed by atoms with van der Waals surface area (Å²) in [5, 5.41) is 0.802. The van der Waals surface area contributed by atoms with Crippen LogP contribution in [0.2, 0.25) is 0 Å². The van der Waals surface area contributed by atoms with Gasteiger partial charge in [-0.15, -0.1) is 0 Å². The number of rotatable bonds is 2. The quantitative estimate of drug-likeness (QED) is 0.667. The standard InChI is InChI=1S/C9H10BrF/c1-2-7-5-9(11)4-3-8(7)6-10/h3-5H,2,6H2,1H3. The molecule has 0 saturated carbocycles. The van der Waals surface area contributed by atoms with Crippen LogP contribution in [0, 0.1) is 5.82 Å². The van der Waals surface area contributed by atoms with Gasteiger partial charge in [-0.2, -0.15) is 0 Å². The van der Waals surface area contributed by atoms with Gasteiger partial charge in [0.15, 0.2) is 0 Å². The zero-order chi connectivity index (χ0) is 8.27. The Balaban J connectivity index is 3.06. The molecule has 0 aliphatic heterocycles. The Morgan fingerprint density at radius 3 is 2.64 bits per heavy atom. The number of halogens is 2. The Bertz CT molecular complexity index is 245. The van der Waals surface area contributed by atoms with Gasteiger partial charge in [-0.3, -0.25) is 0 Å². The number of benzene rings is 1. The molecular formula is C9H10BrF. The van der Waals surface area contributed by atoms with Gasteiger partial charge in [0.1, 0.15) is 5.82 Å². The highest BCUT2D eigenvalue weighted by molar-refractivity contribution is 9.08. The van der Waals surface area contributed by atoms with Crippen LogP contribution in [-0.2, 0) is 11.8 Å². The molecule has 0 unspecified atom stereocenters. The minimum Gasteiger partial charge on any atom is -0.207 e.